The quantitative estimate of drug-likeness (QED) is 0.860. The Morgan fingerprint density at radius 1 is 1.44 bits per heavy atom. The smallest absolute Gasteiger partial charge is 0.163 e. The van der Waals surface area contributed by atoms with Gasteiger partial charge >= 0.3 is 0 Å². The van der Waals surface area contributed by atoms with Gasteiger partial charge in [0.05, 0.1) is 7.11 Å². The number of rotatable bonds is 6. The highest BCUT2D eigenvalue weighted by molar-refractivity contribution is 7.99. The van der Waals surface area contributed by atoms with Crippen LogP contribution in [-0.2, 0) is 6.42 Å². The number of nitrogens with two attached hydrogens (primary N) is 1. The van der Waals surface area contributed by atoms with Gasteiger partial charge in [-0.1, -0.05) is 12.1 Å². The second kappa shape index (κ2) is 6.90. The summed E-state index contributed by atoms with van der Waals surface area (Å²) >= 11 is 1.95. The number of thioether (sulfide) groups is 1. The maximum Gasteiger partial charge on any atom is 0.163 e. The van der Waals surface area contributed by atoms with E-state index in [1.54, 1.807) is 7.11 Å². The highest BCUT2D eigenvalue weighted by Gasteiger charge is 2.19. The Labute approximate surface area is 113 Å². The van der Waals surface area contributed by atoms with Gasteiger partial charge in [-0.15, -0.1) is 0 Å². The Kier molecular flexibility index (Phi) is 5.20. The fourth-order valence-electron chi connectivity index (χ4n) is 2.16. The first kappa shape index (κ1) is 13.6. The molecular formula is C14H21NO2S. The lowest BCUT2D eigenvalue weighted by Crippen LogP contribution is -2.15. The van der Waals surface area contributed by atoms with Crippen molar-refractivity contribution in [2.45, 2.75) is 25.4 Å². The standard InChI is InChI=1S/C14H21NO2S/c1-16-14-11(5-3-8-15)4-2-6-13(14)17-12-7-9-18-10-12/h2,4,6,12H,3,5,7-10,15H2,1H3. The topological polar surface area (TPSA) is 44.5 Å². The van der Waals surface area contributed by atoms with Crippen LogP contribution < -0.4 is 15.2 Å². The van der Waals surface area contributed by atoms with E-state index in [0.29, 0.717) is 12.6 Å². The molecular weight excluding hydrogens is 246 g/mol. The van der Waals surface area contributed by atoms with Crippen LogP contribution in [0.1, 0.15) is 18.4 Å². The van der Waals surface area contributed by atoms with E-state index in [2.05, 4.69) is 6.07 Å². The molecule has 1 aromatic carbocycles. The lowest BCUT2D eigenvalue weighted by atomic mass is 10.1. The van der Waals surface area contributed by atoms with Gasteiger partial charge in [0.15, 0.2) is 11.5 Å². The lowest BCUT2D eigenvalue weighted by molar-refractivity contribution is 0.218. The maximum atomic E-state index is 6.04. The van der Waals surface area contributed by atoms with Crippen molar-refractivity contribution in [1.29, 1.82) is 0 Å². The molecule has 0 radical (unpaired) electrons. The minimum Gasteiger partial charge on any atom is -0.493 e. The molecule has 100 valence electrons. The van der Waals surface area contributed by atoms with Gasteiger partial charge in [0, 0.05) is 5.75 Å². The van der Waals surface area contributed by atoms with Crippen molar-refractivity contribution in [3.8, 4) is 11.5 Å². The summed E-state index contributed by atoms with van der Waals surface area (Å²) < 4.78 is 11.6. The number of benzene rings is 1. The van der Waals surface area contributed by atoms with E-state index in [1.165, 1.54) is 11.3 Å². The van der Waals surface area contributed by atoms with Gasteiger partial charge in [-0.25, -0.2) is 0 Å². The van der Waals surface area contributed by atoms with E-state index in [1.807, 2.05) is 23.9 Å². The van der Waals surface area contributed by atoms with E-state index < -0.39 is 0 Å². The second-order valence-corrected chi connectivity index (χ2v) is 5.59. The summed E-state index contributed by atoms with van der Waals surface area (Å²) in [6, 6.07) is 6.12. The lowest BCUT2D eigenvalue weighted by Gasteiger charge is -2.17. The molecule has 1 atom stereocenters. The normalized spacial score (nSPS) is 18.9. The molecule has 1 aliphatic heterocycles. The van der Waals surface area contributed by atoms with Crippen molar-refractivity contribution in [1.82, 2.24) is 0 Å². The third-order valence-electron chi connectivity index (χ3n) is 3.10. The Balaban J connectivity index is 2.12. The highest BCUT2D eigenvalue weighted by Crippen LogP contribution is 2.34. The van der Waals surface area contributed by atoms with Gasteiger partial charge in [0.1, 0.15) is 6.10 Å². The molecule has 0 aliphatic carbocycles. The number of methoxy groups -OCH3 is 1. The maximum absolute atomic E-state index is 6.04. The zero-order chi connectivity index (χ0) is 12.8. The van der Waals surface area contributed by atoms with Gasteiger partial charge in [0.2, 0.25) is 0 Å². The SMILES string of the molecule is COc1c(CCCN)cccc1OC1CCSC1. The van der Waals surface area contributed by atoms with Gasteiger partial charge in [-0.05, 0) is 43.2 Å². The summed E-state index contributed by atoms with van der Waals surface area (Å²) in [5, 5.41) is 0. The first-order valence-corrected chi connectivity index (χ1v) is 7.61. The van der Waals surface area contributed by atoms with Crippen LogP contribution in [0.3, 0.4) is 0 Å². The highest BCUT2D eigenvalue weighted by atomic mass is 32.2. The molecule has 0 spiro atoms. The van der Waals surface area contributed by atoms with E-state index >= 15 is 0 Å². The number of ether oxygens (including phenoxy) is 2. The molecule has 1 saturated heterocycles. The Morgan fingerprint density at radius 3 is 3.00 bits per heavy atom. The molecule has 0 amide bonds. The Morgan fingerprint density at radius 2 is 2.33 bits per heavy atom. The third-order valence-corrected chi connectivity index (χ3v) is 4.23. The fourth-order valence-corrected chi connectivity index (χ4v) is 3.25. The predicted octanol–water partition coefficient (Wildman–Crippen LogP) is 2.47. The molecule has 3 nitrogen and oxygen atoms in total. The third kappa shape index (κ3) is 3.33. The van der Waals surface area contributed by atoms with Crippen LogP contribution >= 0.6 is 11.8 Å². The molecule has 4 heteroatoms. The van der Waals surface area contributed by atoms with Gasteiger partial charge < -0.3 is 15.2 Å². The number of aryl methyl sites for hydroxylation is 1. The molecule has 1 aliphatic rings. The summed E-state index contributed by atoms with van der Waals surface area (Å²) in [5.41, 5.74) is 6.75. The van der Waals surface area contributed by atoms with Crippen molar-refractivity contribution in [3.63, 3.8) is 0 Å². The largest absolute Gasteiger partial charge is 0.493 e. The molecule has 18 heavy (non-hydrogen) atoms. The molecule has 1 fully saturated rings. The zero-order valence-electron chi connectivity index (χ0n) is 10.9. The van der Waals surface area contributed by atoms with Gasteiger partial charge in [-0.2, -0.15) is 11.8 Å². The summed E-state index contributed by atoms with van der Waals surface area (Å²) in [6.07, 6.45) is 3.37. The van der Waals surface area contributed by atoms with Crippen molar-refractivity contribution in [2.24, 2.45) is 5.73 Å². The van der Waals surface area contributed by atoms with Crippen LogP contribution in [0.2, 0.25) is 0 Å². The molecule has 0 aromatic heterocycles. The molecule has 2 N–H and O–H groups in total. The first-order chi connectivity index (χ1) is 8.85. The zero-order valence-corrected chi connectivity index (χ0v) is 11.7. The fraction of sp³-hybridized carbons (Fsp3) is 0.571. The molecule has 1 unspecified atom stereocenters. The average molecular weight is 267 g/mol. The van der Waals surface area contributed by atoms with Crippen LogP contribution in [0.4, 0.5) is 0 Å². The summed E-state index contributed by atoms with van der Waals surface area (Å²) in [6.45, 7) is 0.702. The van der Waals surface area contributed by atoms with E-state index in [9.17, 15) is 0 Å². The Hall–Kier alpha value is -0.870. The van der Waals surface area contributed by atoms with Crippen LogP contribution in [0.25, 0.3) is 0 Å². The second-order valence-electron chi connectivity index (χ2n) is 4.44. The molecule has 1 aromatic rings. The van der Waals surface area contributed by atoms with E-state index in [4.69, 9.17) is 15.2 Å². The van der Waals surface area contributed by atoms with Crippen LogP contribution in [0.5, 0.6) is 11.5 Å². The summed E-state index contributed by atoms with van der Waals surface area (Å²) in [4.78, 5) is 0. The van der Waals surface area contributed by atoms with Crippen molar-refractivity contribution >= 4 is 11.8 Å². The van der Waals surface area contributed by atoms with Crippen LogP contribution in [-0.4, -0.2) is 31.3 Å². The van der Waals surface area contributed by atoms with Gasteiger partial charge in [0.25, 0.3) is 0 Å². The van der Waals surface area contributed by atoms with E-state index in [-0.39, 0.29) is 0 Å². The number of hydrogen-bond donors (Lipinski definition) is 1. The molecule has 0 bridgehead atoms. The average Bonchev–Trinajstić information content (AvgIpc) is 2.89. The Bertz CT molecular complexity index is 378. The predicted molar refractivity (Wildman–Crippen MR) is 76.7 cm³/mol. The summed E-state index contributed by atoms with van der Waals surface area (Å²) in [7, 11) is 1.71. The number of para-hydroxylation sites is 1. The number of hydrogen-bond acceptors (Lipinski definition) is 4. The molecule has 0 saturated carbocycles. The monoisotopic (exact) mass is 267 g/mol. The van der Waals surface area contributed by atoms with Crippen LogP contribution in [0.15, 0.2) is 18.2 Å². The minimum atomic E-state index is 0.327. The first-order valence-electron chi connectivity index (χ1n) is 6.45. The van der Waals surface area contributed by atoms with E-state index in [0.717, 1.165) is 36.5 Å². The van der Waals surface area contributed by atoms with Gasteiger partial charge in [-0.3, -0.25) is 0 Å². The minimum absolute atomic E-state index is 0.327. The van der Waals surface area contributed by atoms with Crippen molar-refractivity contribution < 1.29 is 9.47 Å². The molecule has 2 rings (SSSR count). The summed E-state index contributed by atoms with van der Waals surface area (Å²) in [5.74, 6) is 4.03. The van der Waals surface area contributed by atoms with Crippen molar-refractivity contribution in [2.75, 3.05) is 25.2 Å². The molecule has 1 heterocycles. The van der Waals surface area contributed by atoms with Crippen molar-refractivity contribution in [3.05, 3.63) is 23.8 Å². The van der Waals surface area contributed by atoms with Crippen LogP contribution in [0, 0.1) is 0 Å².